The third-order valence-electron chi connectivity index (χ3n) is 4.39. The largest absolute Gasteiger partial charge is 0.464 e. The van der Waals surface area contributed by atoms with Crippen molar-refractivity contribution in [3.63, 3.8) is 0 Å². The number of carbonyl (C=O) groups is 1. The third-order valence-corrected chi connectivity index (χ3v) is 4.39. The molecule has 0 unspecified atom stereocenters. The Morgan fingerprint density at radius 3 is 2.93 bits per heavy atom. The van der Waals surface area contributed by atoms with Crippen LogP contribution in [0.4, 0.5) is 11.5 Å². The molecule has 0 aliphatic rings. The fraction of sp³-hybridized carbons (Fsp3) is 0.235. The number of carbonyl (C=O) groups excluding carboxylic acids is 1. The smallest absolute Gasteiger partial charge is 0.420 e. The first kappa shape index (κ1) is 19.0. The highest BCUT2D eigenvalue weighted by Crippen LogP contribution is 2.20. The van der Waals surface area contributed by atoms with E-state index in [4.69, 9.17) is 14.9 Å². The Hall–Kier alpha value is -4.29. The predicted molar refractivity (Wildman–Crippen MR) is 102 cm³/mol. The molecule has 13 nitrogen and oxygen atoms in total. The number of esters is 1. The average Bonchev–Trinajstić information content (AvgIpc) is 3.27. The van der Waals surface area contributed by atoms with E-state index in [-0.39, 0.29) is 35.8 Å². The molecule has 0 atom stereocenters. The molecule has 3 aromatic heterocycles. The number of anilines is 1. The number of imidazole rings is 1. The van der Waals surface area contributed by atoms with Crippen LogP contribution in [0.25, 0.3) is 22.3 Å². The van der Waals surface area contributed by atoms with E-state index in [0.717, 1.165) is 10.6 Å². The number of benzene rings is 1. The van der Waals surface area contributed by atoms with Crippen LogP contribution >= 0.6 is 0 Å². The lowest BCUT2D eigenvalue weighted by molar-refractivity contribution is -0.384. The quantitative estimate of drug-likeness (QED) is 0.198. The van der Waals surface area contributed by atoms with Crippen molar-refractivity contribution in [1.82, 2.24) is 24.1 Å². The Bertz CT molecular complexity index is 1320. The molecule has 0 aliphatic heterocycles. The summed E-state index contributed by atoms with van der Waals surface area (Å²) in [5.41, 5.74) is 6.90. The summed E-state index contributed by atoms with van der Waals surface area (Å²) in [5, 5.41) is 10.8. The summed E-state index contributed by atoms with van der Waals surface area (Å²) in [7, 11) is 0. The first-order valence-electron chi connectivity index (χ1n) is 8.79. The molecule has 3 heterocycles. The molecule has 0 saturated heterocycles. The van der Waals surface area contributed by atoms with Gasteiger partial charge in [0.2, 0.25) is 0 Å². The van der Waals surface area contributed by atoms with E-state index in [0.29, 0.717) is 24.1 Å². The number of non-ortho nitro benzene ring substituents is 1. The van der Waals surface area contributed by atoms with Gasteiger partial charge in [-0.3, -0.25) is 19.5 Å². The SMILES string of the molecule is Nc1ncnc2c1ncn2CCCOC(=O)Cn1c(=O)oc2cc([N+](=O)[O-])ccc21. The van der Waals surface area contributed by atoms with Gasteiger partial charge in [0, 0.05) is 12.6 Å². The fourth-order valence-electron chi connectivity index (χ4n) is 2.98. The van der Waals surface area contributed by atoms with Gasteiger partial charge < -0.3 is 19.5 Å². The highest BCUT2D eigenvalue weighted by atomic mass is 16.6. The van der Waals surface area contributed by atoms with E-state index in [2.05, 4.69) is 15.0 Å². The Kier molecular flexibility index (Phi) is 4.83. The number of aromatic nitrogens is 5. The summed E-state index contributed by atoms with van der Waals surface area (Å²) in [4.78, 5) is 46.5. The summed E-state index contributed by atoms with van der Waals surface area (Å²) in [6.07, 6.45) is 3.40. The number of rotatable bonds is 7. The number of nitro benzene ring substituents is 1. The molecular weight excluding hydrogens is 398 g/mol. The number of hydrogen-bond acceptors (Lipinski definition) is 10. The number of nitrogens with zero attached hydrogens (tertiary/aromatic N) is 6. The van der Waals surface area contributed by atoms with Gasteiger partial charge in [-0.05, 0) is 12.5 Å². The molecule has 0 fully saturated rings. The second kappa shape index (κ2) is 7.62. The van der Waals surface area contributed by atoms with Crippen LogP contribution in [0.5, 0.6) is 0 Å². The van der Waals surface area contributed by atoms with Crippen LogP contribution in [0.3, 0.4) is 0 Å². The number of fused-ring (bicyclic) bond motifs is 2. The zero-order valence-electron chi connectivity index (χ0n) is 15.4. The minimum atomic E-state index is -0.801. The van der Waals surface area contributed by atoms with Crippen molar-refractivity contribution in [2.75, 3.05) is 12.3 Å². The van der Waals surface area contributed by atoms with Crippen LogP contribution in [0.2, 0.25) is 0 Å². The monoisotopic (exact) mass is 413 g/mol. The van der Waals surface area contributed by atoms with Crippen molar-refractivity contribution in [3.05, 3.63) is 51.5 Å². The zero-order valence-corrected chi connectivity index (χ0v) is 15.4. The number of oxazole rings is 1. The zero-order chi connectivity index (χ0) is 21.3. The highest BCUT2D eigenvalue weighted by molar-refractivity contribution is 5.81. The molecule has 154 valence electrons. The lowest BCUT2D eigenvalue weighted by atomic mass is 10.3. The van der Waals surface area contributed by atoms with Crippen LogP contribution in [0, 0.1) is 10.1 Å². The summed E-state index contributed by atoms with van der Waals surface area (Å²) >= 11 is 0. The minimum absolute atomic E-state index is 0.0234. The second-order valence-corrected chi connectivity index (χ2v) is 6.31. The molecule has 0 radical (unpaired) electrons. The van der Waals surface area contributed by atoms with Crippen molar-refractivity contribution < 1.29 is 18.9 Å². The van der Waals surface area contributed by atoms with Crippen molar-refractivity contribution in [2.24, 2.45) is 0 Å². The number of aryl methyl sites for hydroxylation is 1. The number of ether oxygens (including phenoxy) is 1. The van der Waals surface area contributed by atoms with Gasteiger partial charge in [0.05, 0.1) is 29.4 Å². The standard InChI is InChI=1S/C17H15N7O6/c18-15-14-16(20-8-19-15)22(9-21-14)4-1-5-29-13(25)7-23-11-3-2-10(24(27)28)6-12(11)30-17(23)26/h2-3,6,8-9H,1,4-5,7H2,(H2,18,19,20). The molecule has 0 aliphatic carbocycles. The molecule has 13 heteroatoms. The molecule has 30 heavy (non-hydrogen) atoms. The van der Waals surface area contributed by atoms with Gasteiger partial charge in [0.1, 0.15) is 18.4 Å². The Morgan fingerprint density at radius 1 is 1.30 bits per heavy atom. The van der Waals surface area contributed by atoms with E-state index < -0.39 is 16.6 Å². The van der Waals surface area contributed by atoms with Gasteiger partial charge in [-0.15, -0.1) is 0 Å². The molecule has 4 aromatic rings. The van der Waals surface area contributed by atoms with E-state index in [1.807, 2.05) is 0 Å². The maximum atomic E-state index is 12.1. The van der Waals surface area contributed by atoms with Crippen LogP contribution in [-0.4, -0.2) is 41.6 Å². The Morgan fingerprint density at radius 2 is 2.13 bits per heavy atom. The molecule has 0 amide bonds. The number of nitrogen functional groups attached to an aromatic ring is 1. The van der Waals surface area contributed by atoms with Crippen molar-refractivity contribution in [1.29, 1.82) is 0 Å². The molecule has 0 spiro atoms. The first-order valence-corrected chi connectivity index (χ1v) is 8.79. The van der Waals surface area contributed by atoms with E-state index in [9.17, 15) is 19.7 Å². The van der Waals surface area contributed by atoms with Gasteiger partial charge >= 0.3 is 11.7 Å². The van der Waals surface area contributed by atoms with Gasteiger partial charge in [0.15, 0.2) is 17.0 Å². The summed E-state index contributed by atoms with van der Waals surface area (Å²) in [5.74, 6) is -1.15. The average molecular weight is 413 g/mol. The molecule has 1 aromatic carbocycles. The Labute approximate surface area is 166 Å². The third kappa shape index (κ3) is 3.55. The lowest BCUT2D eigenvalue weighted by Gasteiger charge is -2.06. The van der Waals surface area contributed by atoms with Crippen molar-refractivity contribution in [3.8, 4) is 0 Å². The fourth-order valence-corrected chi connectivity index (χ4v) is 2.98. The maximum Gasteiger partial charge on any atom is 0.420 e. The lowest BCUT2D eigenvalue weighted by Crippen LogP contribution is -2.22. The number of hydrogen-bond donors (Lipinski definition) is 1. The normalized spacial score (nSPS) is 11.2. The topological polar surface area (TPSA) is 174 Å². The van der Waals surface area contributed by atoms with Crippen LogP contribution in [0.1, 0.15) is 6.42 Å². The van der Waals surface area contributed by atoms with Crippen LogP contribution < -0.4 is 11.5 Å². The molecule has 2 N–H and O–H groups in total. The minimum Gasteiger partial charge on any atom is -0.464 e. The van der Waals surface area contributed by atoms with Gasteiger partial charge in [-0.25, -0.2) is 19.7 Å². The van der Waals surface area contributed by atoms with Crippen LogP contribution in [-0.2, 0) is 22.6 Å². The van der Waals surface area contributed by atoms with Gasteiger partial charge in [0.25, 0.3) is 5.69 Å². The van der Waals surface area contributed by atoms with E-state index in [1.54, 1.807) is 10.9 Å². The number of nitro groups is 1. The Balaban J connectivity index is 1.36. The van der Waals surface area contributed by atoms with Gasteiger partial charge in [-0.2, -0.15) is 0 Å². The number of nitrogens with two attached hydrogens (primary N) is 1. The van der Waals surface area contributed by atoms with E-state index in [1.165, 1.54) is 18.5 Å². The van der Waals surface area contributed by atoms with Crippen molar-refractivity contribution >= 4 is 39.7 Å². The summed E-state index contributed by atoms with van der Waals surface area (Å²) < 4.78 is 13.0. The molecule has 0 saturated carbocycles. The maximum absolute atomic E-state index is 12.1. The second-order valence-electron chi connectivity index (χ2n) is 6.31. The summed E-state index contributed by atoms with van der Waals surface area (Å²) in [6.45, 7) is 0.217. The van der Waals surface area contributed by atoms with Crippen molar-refractivity contribution in [2.45, 2.75) is 19.5 Å². The predicted octanol–water partition coefficient (Wildman–Crippen LogP) is 0.858. The first-order chi connectivity index (χ1) is 14.4. The molecular formula is C17H15N7O6. The van der Waals surface area contributed by atoms with Crippen LogP contribution in [0.15, 0.2) is 40.1 Å². The summed E-state index contributed by atoms with van der Waals surface area (Å²) in [6, 6.07) is 3.71. The molecule has 4 rings (SSSR count). The molecule has 0 bridgehead atoms. The van der Waals surface area contributed by atoms with Gasteiger partial charge in [-0.1, -0.05) is 0 Å². The highest BCUT2D eigenvalue weighted by Gasteiger charge is 2.17. The van der Waals surface area contributed by atoms with E-state index >= 15 is 0 Å².